The Bertz CT molecular complexity index is 1050. The minimum Gasteiger partial charge on any atom is -0.513 e. The maximum atomic E-state index is 9.88. The highest BCUT2D eigenvalue weighted by atomic mass is 16.3. The van der Waals surface area contributed by atoms with Gasteiger partial charge in [-0.25, -0.2) is 0 Å². The number of allylic oxidation sites excluding steroid dienone is 1. The molecule has 3 nitrogen and oxygen atoms in total. The fourth-order valence-corrected chi connectivity index (χ4v) is 3.69. The highest BCUT2D eigenvalue weighted by Gasteiger charge is 2.11. The molecule has 2 N–H and O–H groups in total. The van der Waals surface area contributed by atoms with E-state index in [0.29, 0.717) is 6.42 Å². The van der Waals surface area contributed by atoms with Crippen molar-refractivity contribution in [3.05, 3.63) is 90.2 Å². The van der Waals surface area contributed by atoms with Crippen molar-refractivity contribution in [2.24, 2.45) is 0 Å². The van der Waals surface area contributed by atoms with Crippen LogP contribution >= 0.6 is 0 Å². The molecule has 3 aromatic carbocycles. The zero-order valence-electron chi connectivity index (χ0n) is 15.3. The van der Waals surface area contributed by atoms with Gasteiger partial charge in [0.25, 0.3) is 0 Å². The van der Waals surface area contributed by atoms with Crippen LogP contribution in [0.15, 0.2) is 84.6 Å². The lowest BCUT2D eigenvalue weighted by Gasteiger charge is -2.10. The van der Waals surface area contributed by atoms with Crippen LogP contribution in [0.3, 0.4) is 0 Å². The molecule has 1 atom stereocenters. The summed E-state index contributed by atoms with van der Waals surface area (Å²) in [6.45, 7) is 1.57. The zero-order valence-corrected chi connectivity index (χ0v) is 15.3. The number of aliphatic hydroxyl groups is 2. The molecule has 1 unspecified atom stereocenters. The van der Waals surface area contributed by atoms with Gasteiger partial charge in [0.2, 0.25) is 0 Å². The number of aliphatic hydroxyl groups excluding tert-OH is 2. The van der Waals surface area contributed by atoms with Gasteiger partial charge in [-0.3, -0.25) is 0 Å². The van der Waals surface area contributed by atoms with Crippen molar-refractivity contribution in [3.8, 4) is 5.69 Å². The Morgan fingerprint density at radius 2 is 1.44 bits per heavy atom. The van der Waals surface area contributed by atoms with Gasteiger partial charge in [-0.2, -0.15) is 0 Å². The van der Waals surface area contributed by atoms with E-state index >= 15 is 0 Å². The maximum Gasteiger partial charge on any atom is 0.0877 e. The van der Waals surface area contributed by atoms with Crippen molar-refractivity contribution < 1.29 is 10.2 Å². The Hall–Kier alpha value is -3.04. The summed E-state index contributed by atoms with van der Waals surface area (Å²) in [6.07, 6.45) is 2.21. The van der Waals surface area contributed by atoms with Gasteiger partial charge in [-0.15, -0.1) is 0 Å². The number of para-hydroxylation sites is 2. The van der Waals surface area contributed by atoms with Gasteiger partial charge in [0, 0.05) is 16.5 Å². The SMILES string of the molecule is CC(O)=CC(O)CCc1ccc(-n2c3ccccc3c3ccccc32)cc1. The second-order valence-corrected chi connectivity index (χ2v) is 6.95. The molecule has 0 aliphatic carbocycles. The van der Waals surface area contributed by atoms with Crippen LogP contribution in [0.5, 0.6) is 0 Å². The van der Waals surface area contributed by atoms with Crippen LogP contribution in [0.1, 0.15) is 18.9 Å². The highest BCUT2D eigenvalue weighted by Crippen LogP contribution is 2.31. The standard InChI is InChI=1S/C24H23NO2/c1-17(26)16-20(27)15-12-18-10-13-19(14-11-18)25-23-8-4-2-6-21(23)22-7-3-5-9-24(22)25/h2-11,13-14,16,20,26-27H,12,15H2,1H3. The van der Waals surface area contributed by atoms with Gasteiger partial charge < -0.3 is 14.8 Å². The molecule has 0 aliphatic rings. The molecule has 0 radical (unpaired) electrons. The van der Waals surface area contributed by atoms with Crippen molar-refractivity contribution in [2.75, 3.05) is 0 Å². The quantitative estimate of drug-likeness (QED) is 0.461. The fourth-order valence-electron chi connectivity index (χ4n) is 3.69. The average Bonchev–Trinajstić information content (AvgIpc) is 3.01. The lowest BCUT2D eigenvalue weighted by atomic mass is 10.1. The molecular weight excluding hydrogens is 334 g/mol. The van der Waals surface area contributed by atoms with E-state index in [2.05, 4.69) is 77.4 Å². The minimum absolute atomic E-state index is 0.157. The molecule has 0 saturated heterocycles. The topological polar surface area (TPSA) is 45.4 Å². The summed E-state index contributed by atoms with van der Waals surface area (Å²) in [6, 6.07) is 25.4. The van der Waals surface area contributed by atoms with Gasteiger partial charge in [0.1, 0.15) is 0 Å². The Balaban J connectivity index is 1.67. The second-order valence-electron chi connectivity index (χ2n) is 6.95. The normalized spacial score (nSPS) is 13.3. The molecular formula is C24H23NO2. The number of fused-ring (bicyclic) bond motifs is 3. The number of rotatable bonds is 5. The Morgan fingerprint density at radius 3 is 2.00 bits per heavy atom. The summed E-state index contributed by atoms with van der Waals surface area (Å²) in [5.41, 5.74) is 4.70. The molecule has 1 aromatic heterocycles. The lowest BCUT2D eigenvalue weighted by Crippen LogP contribution is -2.05. The van der Waals surface area contributed by atoms with Crippen molar-refractivity contribution in [3.63, 3.8) is 0 Å². The van der Waals surface area contributed by atoms with Crippen LogP contribution in [0.2, 0.25) is 0 Å². The first-order chi connectivity index (χ1) is 13.1. The number of hydrogen-bond donors (Lipinski definition) is 2. The predicted octanol–water partition coefficient (Wildman–Crippen LogP) is 5.54. The van der Waals surface area contributed by atoms with Crippen LogP contribution in [0.4, 0.5) is 0 Å². The number of aryl methyl sites for hydroxylation is 1. The van der Waals surface area contributed by atoms with E-state index in [4.69, 9.17) is 0 Å². The third-order valence-corrected chi connectivity index (χ3v) is 4.94. The molecule has 0 aliphatic heterocycles. The molecule has 3 heteroatoms. The Morgan fingerprint density at radius 1 is 0.889 bits per heavy atom. The smallest absolute Gasteiger partial charge is 0.0877 e. The second kappa shape index (κ2) is 7.29. The minimum atomic E-state index is -0.619. The molecule has 4 aromatic rings. The first-order valence-electron chi connectivity index (χ1n) is 9.26. The molecule has 0 bridgehead atoms. The van der Waals surface area contributed by atoms with Crippen LogP contribution < -0.4 is 0 Å². The van der Waals surface area contributed by atoms with Crippen molar-refractivity contribution >= 4 is 21.8 Å². The number of nitrogens with zero attached hydrogens (tertiary/aromatic N) is 1. The van der Waals surface area contributed by atoms with Crippen LogP contribution in [0.25, 0.3) is 27.5 Å². The van der Waals surface area contributed by atoms with E-state index in [-0.39, 0.29) is 5.76 Å². The molecule has 136 valence electrons. The van der Waals surface area contributed by atoms with Crippen LogP contribution in [-0.4, -0.2) is 20.9 Å². The maximum absolute atomic E-state index is 9.88. The van der Waals surface area contributed by atoms with E-state index in [0.717, 1.165) is 12.1 Å². The van der Waals surface area contributed by atoms with E-state index in [1.54, 1.807) is 6.92 Å². The van der Waals surface area contributed by atoms with Gasteiger partial charge in [-0.1, -0.05) is 48.5 Å². The Kier molecular flexibility index (Phi) is 4.69. The first kappa shape index (κ1) is 17.4. The van der Waals surface area contributed by atoms with Gasteiger partial charge in [0.05, 0.1) is 22.9 Å². The molecule has 0 spiro atoms. The lowest BCUT2D eigenvalue weighted by molar-refractivity contribution is 0.207. The van der Waals surface area contributed by atoms with Crippen molar-refractivity contribution in [1.29, 1.82) is 0 Å². The van der Waals surface area contributed by atoms with E-state index < -0.39 is 6.10 Å². The molecule has 0 saturated carbocycles. The summed E-state index contributed by atoms with van der Waals surface area (Å²) in [5, 5.41) is 21.6. The summed E-state index contributed by atoms with van der Waals surface area (Å²) in [5.74, 6) is 0.157. The first-order valence-corrected chi connectivity index (χ1v) is 9.26. The summed E-state index contributed by atoms with van der Waals surface area (Å²) < 4.78 is 2.29. The van der Waals surface area contributed by atoms with Gasteiger partial charge in [0.15, 0.2) is 0 Å². The summed E-state index contributed by atoms with van der Waals surface area (Å²) >= 11 is 0. The summed E-state index contributed by atoms with van der Waals surface area (Å²) in [7, 11) is 0. The van der Waals surface area contributed by atoms with E-state index in [1.165, 1.54) is 33.4 Å². The highest BCUT2D eigenvalue weighted by molar-refractivity contribution is 6.09. The van der Waals surface area contributed by atoms with Crippen molar-refractivity contribution in [2.45, 2.75) is 25.9 Å². The fraction of sp³-hybridized carbons (Fsp3) is 0.167. The Labute approximate surface area is 158 Å². The van der Waals surface area contributed by atoms with E-state index in [1.807, 2.05) is 0 Å². The van der Waals surface area contributed by atoms with Crippen molar-refractivity contribution in [1.82, 2.24) is 4.57 Å². The van der Waals surface area contributed by atoms with Gasteiger partial charge in [-0.05, 0) is 55.7 Å². The molecule has 1 heterocycles. The predicted molar refractivity (Wildman–Crippen MR) is 111 cm³/mol. The number of hydrogen-bond acceptors (Lipinski definition) is 2. The largest absolute Gasteiger partial charge is 0.513 e. The molecule has 0 fully saturated rings. The van der Waals surface area contributed by atoms with E-state index in [9.17, 15) is 10.2 Å². The number of aromatic nitrogens is 1. The third kappa shape index (κ3) is 3.46. The average molecular weight is 357 g/mol. The molecule has 0 amide bonds. The van der Waals surface area contributed by atoms with Crippen LogP contribution in [-0.2, 0) is 6.42 Å². The monoisotopic (exact) mass is 357 g/mol. The summed E-state index contributed by atoms with van der Waals surface area (Å²) in [4.78, 5) is 0. The molecule has 4 rings (SSSR count). The third-order valence-electron chi connectivity index (χ3n) is 4.94. The van der Waals surface area contributed by atoms with Gasteiger partial charge >= 0.3 is 0 Å². The number of benzene rings is 3. The van der Waals surface area contributed by atoms with Crippen LogP contribution in [0, 0.1) is 0 Å². The molecule has 27 heavy (non-hydrogen) atoms. The zero-order chi connectivity index (χ0) is 18.8.